The molecule has 0 bridgehead atoms. The van der Waals surface area contributed by atoms with Crippen LogP contribution in [0, 0.1) is 7.05 Å². The third-order valence-corrected chi connectivity index (χ3v) is 1.48. The number of ether oxygens (including phenoxy) is 1. The van der Waals surface area contributed by atoms with Crippen LogP contribution in [0.3, 0.4) is 0 Å². The Bertz CT molecular complexity index is 328. The van der Waals surface area contributed by atoms with Crippen molar-refractivity contribution in [2.45, 2.75) is 6.61 Å². The maximum atomic E-state index is 11.8. The summed E-state index contributed by atoms with van der Waals surface area (Å²) < 4.78 is 27.7. The third kappa shape index (κ3) is 2.69. The van der Waals surface area contributed by atoms with Crippen LogP contribution in [-0.2, 0) is 0 Å². The van der Waals surface area contributed by atoms with Gasteiger partial charge in [0.1, 0.15) is 5.75 Å². The molecule has 1 N–H and O–H groups in total. The summed E-state index contributed by atoms with van der Waals surface area (Å²) in [5.41, 5.74) is 0.221. The summed E-state index contributed by atoms with van der Waals surface area (Å²) in [5.74, 6) is -0.509. The minimum atomic E-state index is -2.90. The smallest absolute Gasteiger partial charge is 0.387 e. The molecule has 1 radical (unpaired) electrons. The van der Waals surface area contributed by atoms with Crippen LogP contribution in [-0.4, -0.2) is 12.5 Å². The summed E-state index contributed by atoms with van der Waals surface area (Å²) in [6, 6.07) is 5.47. The fourth-order valence-corrected chi connectivity index (χ4v) is 0.916. The fraction of sp³-hybridized carbons (Fsp3) is 0.111. The van der Waals surface area contributed by atoms with Crippen molar-refractivity contribution in [3.05, 3.63) is 36.9 Å². The van der Waals surface area contributed by atoms with Crippen LogP contribution in [0.5, 0.6) is 5.75 Å². The molecule has 0 aliphatic heterocycles. The van der Waals surface area contributed by atoms with Gasteiger partial charge in [-0.2, -0.15) is 8.78 Å². The predicted octanol–water partition coefficient (Wildman–Crippen LogP) is 1.81. The average molecular weight is 200 g/mol. The van der Waals surface area contributed by atoms with Gasteiger partial charge in [-0.3, -0.25) is 4.79 Å². The van der Waals surface area contributed by atoms with Gasteiger partial charge in [0.2, 0.25) is 0 Å². The number of alkyl halides is 2. The Morgan fingerprint density at radius 1 is 1.50 bits per heavy atom. The largest absolute Gasteiger partial charge is 0.435 e. The molecule has 1 aromatic rings. The van der Waals surface area contributed by atoms with Crippen LogP contribution in [0.4, 0.5) is 8.78 Å². The Kier molecular flexibility index (Phi) is 3.39. The van der Waals surface area contributed by atoms with Gasteiger partial charge in [-0.15, -0.1) is 0 Å². The van der Waals surface area contributed by atoms with Crippen molar-refractivity contribution in [3.8, 4) is 5.75 Å². The van der Waals surface area contributed by atoms with E-state index in [9.17, 15) is 13.6 Å². The van der Waals surface area contributed by atoms with Crippen molar-refractivity contribution < 1.29 is 18.3 Å². The Labute approximate surface area is 79.7 Å². The molecule has 0 spiro atoms. The van der Waals surface area contributed by atoms with Crippen LogP contribution in [0.15, 0.2) is 24.3 Å². The molecule has 1 aromatic carbocycles. The number of rotatable bonds is 3. The second-order valence-electron chi connectivity index (χ2n) is 2.41. The van der Waals surface area contributed by atoms with Crippen molar-refractivity contribution in [1.29, 1.82) is 0 Å². The molecule has 0 aliphatic carbocycles. The lowest BCUT2D eigenvalue weighted by atomic mass is 10.2. The molecule has 75 valence electrons. The number of halogens is 2. The van der Waals surface area contributed by atoms with Crippen LogP contribution in [0.1, 0.15) is 10.4 Å². The molecule has 3 nitrogen and oxygen atoms in total. The lowest BCUT2D eigenvalue weighted by Crippen LogP contribution is -2.15. The summed E-state index contributed by atoms with van der Waals surface area (Å²) in [5, 5.41) is 2.13. The average Bonchev–Trinajstić information content (AvgIpc) is 2.16. The van der Waals surface area contributed by atoms with Gasteiger partial charge in [0.15, 0.2) is 0 Å². The highest BCUT2D eigenvalue weighted by Crippen LogP contribution is 2.15. The molecule has 0 saturated carbocycles. The first-order valence-electron chi connectivity index (χ1n) is 3.76. The number of carbonyl (C=O) groups excluding carboxylic acids is 1. The topological polar surface area (TPSA) is 38.3 Å². The minimum absolute atomic E-state index is 0.0545. The highest BCUT2D eigenvalue weighted by Gasteiger charge is 2.07. The van der Waals surface area contributed by atoms with Crippen molar-refractivity contribution in [2.75, 3.05) is 0 Å². The summed E-state index contributed by atoms with van der Waals surface area (Å²) in [6.07, 6.45) is 0. The van der Waals surface area contributed by atoms with Crippen molar-refractivity contribution in [2.24, 2.45) is 0 Å². The third-order valence-electron chi connectivity index (χ3n) is 1.48. The van der Waals surface area contributed by atoms with Gasteiger partial charge in [-0.1, -0.05) is 6.07 Å². The number of amides is 1. The molecule has 0 aromatic heterocycles. The maximum absolute atomic E-state index is 11.8. The fourth-order valence-electron chi connectivity index (χ4n) is 0.916. The van der Waals surface area contributed by atoms with Crippen LogP contribution < -0.4 is 10.1 Å². The Balaban J connectivity index is 2.84. The van der Waals surface area contributed by atoms with Crippen LogP contribution >= 0.6 is 0 Å². The van der Waals surface area contributed by atoms with Crippen molar-refractivity contribution >= 4 is 5.91 Å². The van der Waals surface area contributed by atoms with E-state index in [-0.39, 0.29) is 11.3 Å². The molecule has 0 aliphatic rings. The molecular formula is C9H8F2NO2. The van der Waals surface area contributed by atoms with E-state index in [4.69, 9.17) is 0 Å². The van der Waals surface area contributed by atoms with E-state index in [1.807, 2.05) is 0 Å². The van der Waals surface area contributed by atoms with E-state index in [1.165, 1.54) is 24.3 Å². The van der Waals surface area contributed by atoms with E-state index >= 15 is 0 Å². The monoisotopic (exact) mass is 200 g/mol. The van der Waals surface area contributed by atoms with Crippen molar-refractivity contribution in [3.63, 3.8) is 0 Å². The number of benzene rings is 1. The van der Waals surface area contributed by atoms with Gasteiger partial charge in [-0.25, -0.2) is 0 Å². The first kappa shape index (κ1) is 10.4. The second-order valence-corrected chi connectivity index (χ2v) is 2.41. The van der Waals surface area contributed by atoms with E-state index in [2.05, 4.69) is 17.1 Å². The summed E-state index contributed by atoms with van der Waals surface area (Å²) in [4.78, 5) is 11.0. The maximum Gasteiger partial charge on any atom is 0.387 e. The molecule has 14 heavy (non-hydrogen) atoms. The molecule has 0 saturated heterocycles. The standard InChI is InChI=1S/C9H8F2NO2/c1-12-8(13)6-3-2-4-7(5-6)14-9(10)11/h2-5,9H,1H2,(H,12,13). The van der Waals surface area contributed by atoms with Gasteiger partial charge < -0.3 is 10.1 Å². The van der Waals surface area contributed by atoms with Crippen LogP contribution in [0.25, 0.3) is 0 Å². The Morgan fingerprint density at radius 3 is 2.79 bits per heavy atom. The van der Waals surface area contributed by atoms with E-state index in [0.29, 0.717) is 0 Å². The zero-order chi connectivity index (χ0) is 10.6. The Hall–Kier alpha value is -1.65. The lowest BCUT2D eigenvalue weighted by molar-refractivity contribution is -0.0498. The molecule has 1 amide bonds. The first-order valence-corrected chi connectivity index (χ1v) is 3.76. The summed E-state index contributed by atoms with van der Waals surface area (Å²) in [7, 11) is 3.16. The highest BCUT2D eigenvalue weighted by atomic mass is 19.3. The molecule has 5 heteroatoms. The number of hydrogen-bond donors (Lipinski definition) is 1. The van der Waals surface area contributed by atoms with E-state index in [0.717, 1.165) is 0 Å². The van der Waals surface area contributed by atoms with Gasteiger partial charge in [0.25, 0.3) is 5.91 Å². The Morgan fingerprint density at radius 2 is 2.21 bits per heavy atom. The number of hydrogen-bond acceptors (Lipinski definition) is 2. The van der Waals surface area contributed by atoms with Gasteiger partial charge in [0.05, 0.1) is 0 Å². The molecule has 0 heterocycles. The second kappa shape index (κ2) is 4.55. The zero-order valence-corrected chi connectivity index (χ0v) is 7.17. The highest BCUT2D eigenvalue weighted by molar-refractivity contribution is 5.94. The minimum Gasteiger partial charge on any atom is -0.435 e. The molecule has 0 atom stereocenters. The SMILES string of the molecule is [CH2]NC(=O)c1cccc(OC(F)F)c1. The van der Waals surface area contributed by atoms with E-state index < -0.39 is 12.5 Å². The first-order chi connectivity index (χ1) is 6.63. The number of carbonyl (C=O) groups is 1. The molecule has 0 unspecified atom stereocenters. The summed E-state index contributed by atoms with van der Waals surface area (Å²) in [6.45, 7) is -2.90. The lowest BCUT2D eigenvalue weighted by Gasteiger charge is -2.05. The molecular weight excluding hydrogens is 192 g/mol. The summed E-state index contributed by atoms with van der Waals surface area (Å²) >= 11 is 0. The van der Waals surface area contributed by atoms with Crippen molar-refractivity contribution in [1.82, 2.24) is 5.32 Å². The quantitative estimate of drug-likeness (QED) is 0.808. The molecule has 1 rings (SSSR count). The zero-order valence-electron chi connectivity index (χ0n) is 7.17. The normalized spacial score (nSPS) is 10.0. The van der Waals surface area contributed by atoms with E-state index in [1.54, 1.807) is 0 Å². The predicted molar refractivity (Wildman–Crippen MR) is 45.9 cm³/mol. The van der Waals surface area contributed by atoms with Gasteiger partial charge in [-0.05, 0) is 18.2 Å². The molecule has 0 fully saturated rings. The van der Waals surface area contributed by atoms with Gasteiger partial charge >= 0.3 is 6.61 Å². The number of nitrogens with one attached hydrogen (secondary N) is 1. The van der Waals surface area contributed by atoms with Crippen LogP contribution in [0.2, 0.25) is 0 Å². The van der Waals surface area contributed by atoms with Gasteiger partial charge in [0, 0.05) is 12.6 Å².